The van der Waals surface area contributed by atoms with E-state index >= 15 is 0 Å². The van der Waals surface area contributed by atoms with Crippen molar-refractivity contribution in [1.82, 2.24) is 5.32 Å². The van der Waals surface area contributed by atoms with Crippen LogP contribution in [-0.4, -0.2) is 12.6 Å². The van der Waals surface area contributed by atoms with Gasteiger partial charge in [0.25, 0.3) is 0 Å². The summed E-state index contributed by atoms with van der Waals surface area (Å²) in [6.45, 7) is 3.09. The van der Waals surface area contributed by atoms with Gasteiger partial charge in [-0.2, -0.15) is 0 Å². The SMILES string of the molecule is CCNC(CCC1CCCC1)Cc1ccc(Cl)c(F)c1. The Balaban J connectivity index is 1.88. The topological polar surface area (TPSA) is 12.0 Å². The number of rotatable bonds is 7. The first-order valence-corrected chi connectivity index (χ1v) is 8.24. The second-order valence-electron chi connectivity index (χ2n) is 5.94. The molecule has 1 aliphatic rings. The second-order valence-corrected chi connectivity index (χ2v) is 6.34. The Hall–Kier alpha value is -0.600. The Bertz CT molecular complexity index is 415. The maximum absolute atomic E-state index is 13.5. The van der Waals surface area contributed by atoms with Gasteiger partial charge < -0.3 is 5.32 Å². The molecule has 1 aromatic rings. The quantitative estimate of drug-likeness (QED) is 0.749. The van der Waals surface area contributed by atoms with Crippen molar-refractivity contribution in [3.8, 4) is 0 Å². The molecule has 1 N–H and O–H groups in total. The molecule has 0 saturated heterocycles. The lowest BCUT2D eigenvalue weighted by molar-refractivity contribution is 0.407. The first-order chi connectivity index (χ1) is 9.69. The first kappa shape index (κ1) is 15.8. The van der Waals surface area contributed by atoms with Crippen LogP contribution in [0.15, 0.2) is 18.2 Å². The van der Waals surface area contributed by atoms with E-state index in [2.05, 4.69) is 12.2 Å². The third-order valence-electron chi connectivity index (χ3n) is 4.36. The molecule has 1 aliphatic carbocycles. The van der Waals surface area contributed by atoms with E-state index in [0.717, 1.165) is 24.4 Å². The summed E-state index contributed by atoms with van der Waals surface area (Å²) in [5.41, 5.74) is 1.03. The van der Waals surface area contributed by atoms with Gasteiger partial charge in [-0.3, -0.25) is 0 Å². The van der Waals surface area contributed by atoms with E-state index in [9.17, 15) is 4.39 Å². The van der Waals surface area contributed by atoms with Crippen LogP contribution in [-0.2, 0) is 6.42 Å². The van der Waals surface area contributed by atoms with Crippen LogP contribution >= 0.6 is 11.6 Å². The molecule has 0 bridgehead atoms. The predicted octanol–water partition coefficient (Wildman–Crippen LogP) is 4.97. The molecule has 0 amide bonds. The van der Waals surface area contributed by atoms with Crippen molar-refractivity contribution < 1.29 is 4.39 Å². The molecule has 1 unspecified atom stereocenters. The smallest absolute Gasteiger partial charge is 0.142 e. The maximum Gasteiger partial charge on any atom is 0.142 e. The fourth-order valence-corrected chi connectivity index (χ4v) is 3.37. The van der Waals surface area contributed by atoms with Crippen molar-refractivity contribution in [2.75, 3.05) is 6.54 Å². The summed E-state index contributed by atoms with van der Waals surface area (Å²) in [6, 6.07) is 5.61. The normalized spacial score (nSPS) is 17.6. The molecule has 20 heavy (non-hydrogen) atoms. The van der Waals surface area contributed by atoms with Crippen molar-refractivity contribution in [3.05, 3.63) is 34.6 Å². The van der Waals surface area contributed by atoms with Crippen molar-refractivity contribution >= 4 is 11.6 Å². The summed E-state index contributed by atoms with van der Waals surface area (Å²) < 4.78 is 13.5. The molecule has 0 aliphatic heterocycles. The third kappa shape index (κ3) is 4.75. The third-order valence-corrected chi connectivity index (χ3v) is 4.66. The van der Waals surface area contributed by atoms with Crippen LogP contribution in [0.1, 0.15) is 51.0 Å². The molecule has 0 radical (unpaired) electrons. The first-order valence-electron chi connectivity index (χ1n) is 7.86. The van der Waals surface area contributed by atoms with Crippen LogP contribution in [0.25, 0.3) is 0 Å². The zero-order chi connectivity index (χ0) is 14.4. The van der Waals surface area contributed by atoms with Gasteiger partial charge >= 0.3 is 0 Å². The van der Waals surface area contributed by atoms with Gasteiger partial charge in [0.05, 0.1) is 5.02 Å². The standard InChI is InChI=1S/C17H25ClFN/c1-2-20-15(9-7-13-5-3-4-6-13)11-14-8-10-16(18)17(19)12-14/h8,10,12-13,15,20H,2-7,9,11H2,1H3. The number of benzene rings is 1. The highest BCUT2D eigenvalue weighted by Crippen LogP contribution is 2.29. The fourth-order valence-electron chi connectivity index (χ4n) is 3.25. The average molecular weight is 298 g/mol. The Morgan fingerprint density at radius 3 is 2.75 bits per heavy atom. The molecule has 3 heteroatoms. The van der Waals surface area contributed by atoms with Crippen molar-refractivity contribution in [2.45, 2.75) is 57.9 Å². The van der Waals surface area contributed by atoms with Crippen LogP contribution in [0.4, 0.5) is 4.39 Å². The maximum atomic E-state index is 13.5. The lowest BCUT2D eigenvalue weighted by Gasteiger charge is -2.20. The van der Waals surface area contributed by atoms with Gasteiger partial charge in [0.15, 0.2) is 0 Å². The van der Waals surface area contributed by atoms with Gasteiger partial charge in [-0.25, -0.2) is 4.39 Å². The molecule has 1 atom stereocenters. The zero-order valence-electron chi connectivity index (χ0n) is 12.3. The minimum absolute atomic E-state index is 0.208. The van der Waals surface area contributed by atoms with E-state index in [1.807, 2.05) is 6.07 Å². The summed E-state index contributed by atoms with van der Waals surface area (Å²) >= 11 is 5.73. The Morgan fingerprint density at radius 2 is 2.10 bits per heavy atom. The Kier molecular flexibility index (Phi) is 6.31. The highest BCUT2D eigenvalue weighted by Gasteiger charge is 2.17. The van der Waals surface area contributed by atoms with Crippen molar-refractivity contribution in [1.29, 1.82) is 0 Å². The van der Waals surface area contributed by atoms with Crippen LogP contribution in [0, 0.1) is 11.7 Å². The zero-order valence-corrected chi connectivity index (χ0v) is 13.1. The van der Waals surface area contributed by atoms with Gasteiger partial charge in [-0.05, 0) is 49.4 Å². The molecule has 0 heterocycles. The summed E-state index contributed by atoms with van der Waals surface area (Å²) in [5, 5.41) is 3.74. The summed E-state index contributed by atoms with van der Waals surface area (Å²) in [7, 11) is 0. The summed E-state index contributed by atoms with van der Waals surface area (Å²) in [6.07, 6.45) is 8.96. The van der Waals surface area contributed by atoms with Gasteiger partial charge in [0, 0.05) is 6.04 Å². The summed E-state index contributed by atoms with van der Waals surface area (Å²) in [5.74, 6) is 0.605. The number of halogens is 2. The Labute approximate surface area is 126 Å². The molecule has 1 fully saturated rings. The highest BCUT2D eigenvalue weighted by atomic mass is 35.5. The van der Waals surface area contributed by atoms with E-state index < -0.39 is 0 Å². The lowest BCUT2D eigenvalue weighted by atomic mass is 9.95. The number of likely N-dealkylation sites (N-methyl/N-ethyl adjacent to an activating group) is 1. The van der Waals surface area contributed by atoms with Gasteiger partial charge in [0.2, 0.25) is 0 Å². The highest BCUT2D eigenvalue weighted by molar-refractivity contribution is 6.30. The van der Waals surface area contributed by atoms with Crippen molar-refractivity contribution in [2.24, 2.45) is 5.92 Å². The van der Waals surface area contributed by atoms with Crippen LogP contribution in [0.5, 0.6) is 0 Å². The van der Waals surface area contributed by atoms with Gasteiger partial charge in [0.1, 0.15) is 5.82 Å². The second kappa shape index (κ2) is 7.99. The Morgan fingerprint density at radius 1 is 1.35 bits per heavy atom. The molecule has 1 aromatic carbocycles. The molecule has 1 nitrogen and oxygen atoms in total. The van der Waals surface area contributed by atoms with Crippen molar-refractivity contribution in [3.63, 3.8) is 0 Å². The fraction of sp³-hybridized carbons (Fsp3) is 0.647. The largest absolute Gasteiger partial charge is 0.314 e. The summed E-state index contributed by atoms with van der Waals surface area (Å²) in [4.78, 5) is 0. The molecule has 112 valence electrons. The molecular weight excluding hydrogens is 273 g/mol. The van der Waals surface area contributed by atoms with E-state index in [1.165, 1.54) is 38.5 Å². The minimum Gasteiger partial charge on any atom is -0.314 e. The number of hydrogen-bond acceptors (Lipinski definition) is 1. The van der Waals surface area contributed by atoms with Crippen LogP contribution in [0.2, 0.25) is 5.02 Å². The average Bonchev–Trinajstić information content (AvgIpc) is 2.94. The van der Waals surface area contributed by atoms with Crippen LogP contribution in [0.3, 0.4) is 0 Å². The van der Waals surface area contributed by atoms with E-state index in [1.54, 1.807) is 12.1 Å². The van der Waals surface area contributed by atoms with Gasteiger partial charge in [-0.15, -0.1) is 0 Å². The minimum atomic E-state index is -0.310. The monoisotopic (exact) mass is 297 g/mol. The van der Waals surface area contributed by atoms with Gasteiger partial charge in [-0.1, -0.05) is 50.3 Å². The number of hydrogen-bond donors (Lipinski definition) is 1. The number of nitrogens with one attached hydrogen (secondary N) is 1. The predicted molar refractivity (Wildman–Crippen MR) is 83.8 cm³/mol. The van der Waals surface area contributed by atoms with E-state index in [-0.39, 0.29) is 10.8 Å². The van der Waals surface area contributed by atoms with E-state index in [0.29, 0.717) is 6.04 Å². The molecule has 0 aromatic heterocycles. The molecular formula is C17H25ClFN. The van der Waals surface area contributed by atoms with Crippen LogP contribution < -0.4 is 5.32 Å². The van der Waals surface area contributed by atoms with E-state index in [4.69, 9.17) is 11.6 Å². The molecule has 1 saturated carbocycles. The molecule has 0 spiro atoms. The lowest BCUT2D eigenvalue weighted by Crippen LogP contribution is -2.31. The molecule has 2 rings (SSSR count).